The van der Waals surface area contributed by atoms with Crippen LogP contribution in [0.15, 0.2) is 48.5 Å². The van der Waals surface area contributed by atoms with E-state index in [1.165, 1.54) is 0 Å². The standard InChI is InChI=1S/C20H18N2O4/c1-21-19(23)15-9-3-2-7-14(15)8-6-12-22-20(24)18-13-25-16-10-4-5-11-17(16)26-18/h2-5,7,9-11,18H,12-13H2,1H3,(H,21,23)(H,22,24). The van der Waals surface area contributed by atoms with Crippen molar-refractivity contribution < 1.29 is 19.1 Å². The van der Waals surface area contributed by atoms with Crippen LogP contribution in [0, 0.1) is 11.8 Å². The fourth-order valence-corrected chi connectivity index (χ4v) is 2.46. The highest BCUT2D eigenvalue weighted by Gasteiger charge is 2.26. The second-order valence-corrected chi connectivity index (χ2v) is 5.51. The normalized spacial score (nSPS) is 14.6. The molecule has 26 heavy (non-hydrogen) atoms. The topological polar surface area (TPSA) is 76.7 Å². The van der Waals surface area contributed by atoms with E-state index in [0.29, 0.717) is 22.6 Å². The summed E-state index contributed by atoms with van der Waals surface area (Å²) in [5, 5.41) is 5.27. The van der Waals surface area contributed by atoms with Crippen molar-refractivity contribution in [3.8, 4) is 23.3 Å². The monoisotopic (exact) mass is 350 g/mol. The molecule has 0 aromatic heterocycles. The first-order valence-corrected chi connectivity index (χ1v) is 8.15. The van der Waals surface area contributed by atoms with E-state index in [1.54, 1.807) is 43.4 Å². The van der Waals surface area contributed by atoms with Gasteiger partial charge in [0.15, 0.2) is 11.5 Å². The summed E-state index contributed by atoms with van der Waals surface area (Å²) < 4.78 is 11.2. The van der Waals surface area contributed by atoms with Gasteiger partial charge in [0.05, 0.1) is 12.1 Å². The lowest BCUT2D eigenvalue weighted by Gasteiger charge is -2.25. The number of fused-ring (bicyclic) bond motifs is 1. The molecule has 0 bridgehead atoms. The number of nitrogens with one attached hydrogen (secondary N) is 2. The summed E-state index contributed by atoms with van der Waals surface area (Å²) in [4.78, 5) is 24.0. The van der Waals surface area contributed by atoms with Crippen molar-refractivity contribution >= 4 is 11.8 Å². The number of ether oxygens (including phenoxy) is 2. The molecule has 1 aliphatic heterocycles. The molecule has 0 saturated carbocycles. The first-order valence-electron chi connectivity index (χ1n) is 8.15. The summed E-state index contributed by atoms with van der Waals surface area (Å²) in [6.45, 7) is 0.290. The molecule has 2 aromatic carbocycles. The minimum atomic E-state index is -0.718. The number of carbonyl (C=O) groups is 2. The van der Waals surface area contributed by atoms with Crippen LogP contribution in [0.25, 0.3) is 0 Å². The number of rotatable bonds is 3. The Hall–Kier alpha value is -3.46. The quantitative estimate of drug-likeness (QED) is 0.820. The first-order chi connectivity index (χ1) is 12.7. The lowest BCUT2D eigenvalue weighted by Crippen LogP contribution is -2.44. The third-order valence-corrected chi connectivity index (χ3v) is 3.77. The zero-order valence-electron chi connectivity index (χ0n) is 14.2. The van der Waals surface area contributed by atoms with Gasteiger partial charge in [-0.15, -0.1) is 0 Å². The van der Waals surface area contributed by atoms with Crippen LogP contribution >= 0.6 is 0 Å². The molecule has 0 fully saturated rings. The number of carbonyl (C=O) groups excluding carboxylic acids is 2. The highest BCUT2D eigenvalue weighted by atomic mass is 16.6. The number of amides is 2. The minimum Gasteiger partial charge on any atom is -0.485 e. The molecule has 1 heterocycles. The third-order valence-electron chi connectivity index (χ3n) is 3.77. The van der Waals surface area contributed by atoms with Gasteiger partial charge in [-0.25, -0.2) is 0 Å². The fourth-order valence-electron chi connectivity index (χ4n) is 2.46. The Balaban J connectivity index is 1.58. The average molecular weight is 350 g/mol. The van der Waals surface area contributed by atoms with Gasteiger partial charge < -0.3 is 20.1 Å². The lowest BCUT2D eigenvalue weighted by molar-refractivity contribution is -0.130. The summed E-state index contributed by atoms with van der Waals surface area (Å²) in [6.07, 6.45) is -0.718. The van der Waals surface area contributed by atoms with Gasteiger partial charge in [0.2, 0.25) is 6.10 Å². The Kier molecular flexibility index (Phi) is 5.40. The summed E-state index contributed by atoms with van der Waals surface area (Å²) in [5.41, 5.74) is 1.10. The van der Waals surface area contributed by atoms with Gasteiger partial charge in [-0.1, -0.05) is 36.1 Å². The fraction of sp³-hybridized carbons (Fsp3) is 0.200. The predicted octanol–water partition coefficient (Wildman–Crippen LogP) is 1.35. The van der Waals surface area contributed by atoms with E-state index in [4.69, 9.17) is 9.47 Å². The summed E-state index contributed by atoms with van der Waals surface area (Å²) in [7, 11) is 1.57. The van der Waals surface area contributed by atoms with Crippen LogP contribution in [0.4, 0.5) is 0 Å². The van der Waals surface area contributed by atoms with Gasteiger partial charge in [-0.2, -0.15) is 0 Å². The molecule has 6 nitrogen and oxygen atoms in total. The smallest absolute Gasteiger partial charge is 0.265 e. The number of hydrogen-bond donors (Lipinski definition) is 2. The SMILES string of the molecule is CNC(=O)c1ccccc1C#CCNC(=O)C1COc2ccccc2O1. The van der Waals surface area contributed by atoms with Crippen molar-refractivity contribution in [2.45, 2.75) is 6.10 Å². The molecular formula is C20H18N2O4. The first kappa shape index (κ1) is 17.4. The van der Waals surface area contributed by atoms with Gasteiger partial charge in [0.1, 0.15) is 6.61 Å². The number of hydrogen-bond acceptors (Lipinski definition) is 4. The Morgan fingerprint density at radius 2 is 1.85 bits per heavy atom. The predicted molar refractivity (Wildman–Crippen MR) is 96.1 cm³/mol. The van der Waals surface area contributed by atoms with Crippen LogP contribution in [0.3, 0.4) is 0 Å². The third kappa shape index (κ3) is 3.95. The molecule has 0 saturated heterocycles. The second kappa shape index (κ2) is 8.08. The highest BCUT2D eigenvalue weighted by molar-refractivity contribution is 5.96. The van der Waals surface area contributed by atoms with Crippen LogP contribution in [0.5, 0.6) is 11.5 Å². The molecule has 3 rings (SSSR count). The van der Waals surface area contributed by atoms with Crippen LogP contribution in [-0.4, -0.2) is 38.1 Å². The van der Waals surface area contributed by atoms with E-state index in [9.17, 15) is 9.59 Å². The lowest BCUT2D eigenvalue weighted by atomic mass is 10.1. The minimum absolute atomic E-state index is 0.141. The van der Waals surface area contributed by atoms with Crippen LogP contribution in [-0.2, 0) is 4.79 Å². The van der Waals surface area contributed by atoms with Crippen LogP contribution in [0.2, 0.25) is 0 Å². The maximum absolute atomic E-state index is 12.2. The molecule has 2 N–H and O–H groups in total. The molecule has 2 aromatic rings. The Morgan fingerprint density at radius 1 is 1.12 bits per heavy atom. The van der Waals surface area contributed by atoms with E-state index >= 15 is 0 Å². The van der Waals surface area contributed by atoms with Crippen molar-refractivity contribution in [3.63, 3.8) is 0 Å². The Labute approximate surface area is 151 Å². The summed E-state index contributed by atoms with van der Waals surface area (Å²) >= 11 is 0. The van der Waals surface area contributed by atoms with Gasteiger partial charge in [-0.3, -0.25) is 9.59 Å². The maximum atomic E-state index is 12.2. The molecule has 2 amide bonds. The van der Waals surface area contributed by atoms with E-state index in [1.807, 2.05) is 12.1 Å². The van der Waals surface area contributed by atoms with Gasteiger partial charge in [0, 0.05) is 12.6 Å². The highest BCUT2D eigenvalue weighted by Crippen LogP contribution is 2.30. The van der Waals surface area contributed by atoms with Crippen molar-refractivity contribution in [1.29, 1.82) is 0 Å². The number of para-hydroxylation sites is 2. The molecule has 132 valence electrons. The largest absolute Gasteiger partial charge is 0.485 e. The molecular weight excluding hydrogens is 332 g/mol. The Bertz CT molecular complexity index is 883. The zero-order chi connectivity index (χ0) is 18.4. The maximum Gasteiger partial charge on any atom is 0.265 e. The molecule has 0 radical (unpaired) electrons. The second-order valence-electron chi connectivity index (χ2n) is 5.51. The van der Waals surface area contributed by atoms with E-state index in [2.05, 4.69) is 22.5 Å². The zero-order valence-corrected chi connectivity index (χ0v) is 14.2. The molecule has 0 spiro atoms. The van der Waals surface area contributed by atoms with Crippen LogP contribution in [0.1, 0.15) is 15.9 Å². The van der Waals surface area contributed by atoms with Crippen molar-refractivity contribution in [1.82, 2.24) is 10.6 Å². The van der Waals surface area contributed by atoms with Crippen molar-refractivity contribution in [2.24, 2.45) is 0 Å². The molecule has 1 aliphatic rings. The summed E-state index contributed by atoms with van der Waals surface area (Å²) in [5.74, 6) is 6.43. The van der Waals surface area contributed by atoms with E-state index in [0.717, 1.165) is 0 Å². The van der Waals surface area contributed by atoms with E-state index < -0.39 is 6.10 Å². The van der Waals surface area contributed by atoms with Gasteiger partial charge in [0.25, 0.3) is 11.8 Å². The summed E-state index contributed by atoms with van der Waals surface area (Å²) in [6, 6.07) is 14.2. The van der Waals surface area contributed by atoms with Crippen molar-refractivity contribution in [2.75, 3.05) is 20.2 Å². The molecule has 1 unspecified atom stereocenters. The molecule has 0 aliphatic carbocycles. The molecule has 1 atom stereocenters. The van der Waals surface area contributed by atoms with Gasteiger partial charge in [-0.05, 0) is 24.3 Å². The molecule has 6 heteroatoms. The average Bonchev–Trinajstić information content (AvgIpc) is 2.70. The Morgan fingerprint density at radius 3 is 2.65 bits per heavy atom. The van der Waals surface area contributed by atoms with Crippen LogP contribution < -0.4 is 20.1 Å². The van der Waals surface area contributed by atoms with E-state index in [-0.39, 0.29) is 25.0 Å². The van der Waals surface area contributed by atoms with Gasteiger partial charge >= 0.3 is 0 Å². The number of benzene rings is 2. The van der Waals surface area contributed by atoms with Crippen molar-refractivity contribution in [3.05, 3.63) is 59.7 Å².